The normalized spacial score (nSPS) is 21.4. The highest BCUT2D eigenvalue weighted by Crippen LogP contribution is 2.40. The Kier molecular flexibility index (Phi) is 8.74. The lowest BCUT2D eigenvalue weighted by Crippen LogP contribution is -2.48. The number of carbonyl (C=O) groups is 2. The number of anilines is 1. The van der Waals surface area contributed by atoms with Gasteiger partial charge in [-0.2, -0.15) is 0 Å². The fourth-order valence-electron chi connectivity index (χ4n) is 5.26. The summed E-state index contributed by atoms with van der Waals surface area (Å²) in [4.78, 5) is 30.7. The van der Waals surface area contributed by atoms with Crippen molar-refractivity contribution in [1.29, 1.82) is 0 Å². The SMILES string of the molecule is COc1ccc(N2C(=O)CC[C@@H](C(=O)NCCCN3CCCCCC3)[C@@H]2c2ccc(F)cc2)cc1. The summed E-state index contributed by atoms with van der Waals surface area (Å²) in [5.41, 5.74) is 1.45. The standard InChI is InChI=1S/C28H36FN3O3/c1-35-24-13-11-23(12-14-24)32-26(33)16-15-25(27(32)21-7-9-22(29)10-8-21)28(34)30-17-6-20-31-18-4-2-3-5-19-31/h7-14,25,27H,2-6,15-20H2,1H3,(H,30,34)/t25-,27+/m1/s1. The van der Waals surface area contributed by atoms with Crippen LogP contribution in [0.15, 0.2) is 48.5 Å². The zero-order valence-electron chi connectivity index (χ0n) is 20.5. The lowest BCUT2D eigenvalue weighted by Gasteiger charge is -2.41. The first-order valence-corrected chi connectivity index (χ1v) is 12.8. The Morgan fingerprint density at radius 2 is 1.71 bits per heavy atom. The highest BCUT2D eigenvalue weighted by atomic mass is 19.1. The second-order valence-electron chi connectivity index (χ2n) is 9.50. The van der Waals surface area contributed by atoms with E-state index in [0.717, 1.165) is 31.6 Å². The van der Waals surface area contributed by atoms with Crippen molar-refractivity contribution in [3.05, 3.63) is 59.9 Å². The van der Waals surface area contributed by atoms with Crippen LogP contribution in [0, 0.1) is 11.7 Å². The number of halogens is 1. The number of likely N-dealkylation sites (tertiary alicyclic amines) is 1. The fraction of sp³-hybridized carbons (Fsp3) is 0.500. The predicted octanol–water partition coefficient (Wildman–Crippen LogP) is 4.70. The summed E-state index contributed by atoms with van der Waals surface area (Å²) in [5.74, 6) is -0.175. The molecule has 2 fully saturated rings. The number of amides is 2. The van der Waals surface area contributed by atoms with E-state index >= 15 is 0 Å². The maximum Gasteiger partial charge on any atom is 0.227 e. The van der Waals surface area contributed by atoms with Crippen LogP contribution in [-0.4, -0.2) is 50.0 Å². The zero-order valence-corrected chi connectivity index (χ0v) is 20.5. The van der Waals surface area contributed by atoms with E-state index in [1.54, 1.807) is 36.3 Å². The van der Waals surface area contributed by atoms with Crippen LogP contribution in [0.5, 0.6) is 5.75 Å². The van der Waals surface area contributed by atoms with Crippen LogP contribution >= 0.6 is 0 Å². The number of carbonyl (C=O) groups excluding carboxylic acids is 2. The molecule has 2 heterocycles. The van der Waals surface area contributed by atoms with Gasteiger partial charge in [0.05, 0.1) is 19.1 Å². The van der Waals surface area contributed by atoms with Gasteiger partial charge in [0, 0.05) is 18.7 Å². The number of benzene rings is 2. The van der Waals surface area contributed by atoms with E-state index in [-0.39, 0.29) is 24.1 Å². The minimum Gasteiger partial charge on any atom is -0.497 e. The number of hydrogen-bond acceptors (Lipinski definition) is 4. The maximum absolute atomic E-state index is 13.7. The van der Waals surface area contributed by atoms with Crippen LogP contribution < -0.4 is 15.0 Å². The molecule has 1 N–H and O–H groups in total. The average molecular weight is 482 g/mol. The molecule has 2 atom stereocenters. The van der Waals surface area contributed by atoms with Crippen LogP contribution in [-0.2, 0) is 9.59 Å². The molecule has 188 valence electrons. The van der Waals surface area contributed by atoms with Crippen LogP contribution in [0.25, 0.3) is 0 Å². The van der Waals surface area contributed by atoms with Gasteiger partial charge in [-0.3, -0.25) is 9.59 Å². The van der Waals surface area contributed by atoms with Gasteiger partial charge in [-0.25, -0.2) is 4.39 Å². The Balaban J connectivity index is 1.49. The third-order valence-electron chi connectivity index (χ3n) is 7.15. The molecule has 0 bridgehead atoms. The third kappa shape index (κ3) is 6.40. The number of hydrogen-bond donors (Lipinski definition) is 1. The second kappa shape index (κ2) is 12.2. The molecule has 0 radical (unpaired) electrons. The molecule has 2 aromatic carbocycles. The van der Waals surface area contributed by atoms with E-state index in [1.165, 1.54) is 37.8 Å². The van der Waals surface area contributed by atoms with Crippen molar-refractivity contribution in [3.8, 4) is 5.75 Å². The molecule has 0 aromatic heterocycles. The van der Waals surface area contributed by atoms with E-state index in [2.05, 4.69) is 10.2 Å². The summed E-state index contributed by atoms with van der Waals surface area (Å²) in [7, 11) is 1.59. The summed E-state index contributed by atoms with van der Waals surface area (Å²) in [5, 5.41) is 3.13. The Morgan fingerprint density at radius 3 is 2.37 bits per heavy atom. The largest absolute Gasteiger partial charge is 0.497 e. The van der Waals surface area contributed by atoms with E-state index in [4.69, 9.17) is 4.74 Å². The highest BCUT2D eigenvalue weighted by Gasteiger charge is 2.41. The van der Waals surface area contributed by atoms with Gasteiger partial charge in [0.15, 0.2) is 0 Å². The van der Waals surface area contributed by atoms with E-state index in [1.807, 2.05) is 12.1 Å². The van der Waals surface area contributed by atoms with E-state index < -0.39 is 12.0 Å². The molecule has 2 saturated heterocycles. The van der Waals surface area contributed by atoms with E-state index in [9.17, 15) is 14.0 Å². The van der Waals surface area contributed by atoms with Gasteiger partial charge in [0.1, 0.15) is 11.6 Å². The zero-order chi connectivity index (χ0) is 24.6. The molecule has 2 aromatic rings. The number of ether oxygens (including phenoxy) is 1. The first-order chi connectivity index (χ1) is 17.1. The number of nitrogens with one attached hydrogen (secondary N) is 1. The topological polar surface area (TPSA) is 61.9 Å². The monoisotopic (exact) mass is 481 g/mol. The van der Waals surface area contributed by atoms with Gasteiger partial charge >= 0.3 is 0 Å². The minimum absolute atomic E-state index is 0.0466. The summed E-state index contributed by atoms with van der Waals surface area (Å²) >= 11 is 0. The summed E-state index contributed by atoms with van der Waals surface area (Å²) < 4.78 is 19.0. The lowest BCUT2D eigenvalue weighted by molar-refractivity contribution is -0.129. The fourth-order valence-corrected chi connectivity index (χ4v) is 5.26. The smallest absolute Gasteiger partial charge is 0.227 e. The molecule has 0 unspecified atom stereocenters. The molecule has 2 aliphatic rings. The van der Waals surface area contributed by atoms with Crippen molar-refractivity contribution < 1.29 is 18.7 Å². The maximum atomic E-state index is 13.7. The van der Waals surface area contributed by atoms with Crippen LogP contribution in [0.1, 0.15) is 56.6 Å². The number of methoxy groups -OCH3 is 1. The molecule has 0 aliphatic carbocycles. The average Bonchev–Trinajstić information content (AvgIpc) is 3.16. The van der Waals surface area contributed by atoms with Crippen molar-refractivity contribution in [2.24, 2.45) is 5.92 Å². The predicted molar refractivity (Wildman–Crippen MR) is 135 cm³/mol. The van der Waals surface area contributed by atoms with Crippen LogP contribution in [0.3, 0.4) is 0 Å². The Morgan fingerprint density at radius 1 is 1.03 bits per heavy atom. The summed E-state index contributed by atoms with van der Waals surface area (Å²) in [6.45, 7) is 3.88. The highest BCUT2D eigenvalue weighted by molar-refractivity contribution is 5.97. The molecule has 0 spiro atoms. The van der Waals surface area contributed by atoms with Gasteiger partial charge in [-0.05, 0) is 87.3 Å². The van der Waals surface area contributed by atoms with Crippen molar-refractivity contribution in [2.75, 3.05) is 38.2 Å². The number of piperidine rings is 1. The molecule has 35 heavy (non-hydrogen) atoms. The van der Waals surface area contributed by atoms with Gasteiger partial charge in [-0.1, -0.05) is 25.0 Å². The molecule has 4 rings (SSSR count). The molecule has 2 aliphatic heterocycles. The van der Waals surface area contributed by atoms with Crippen molar-refractivity contribution in [3.63, 3.8) is 0 Å². The molecule has 0 saturated carbocycles. The molecule has 6 nitrogen and oxygen atoms in total. The molecular weight excluding hydrogens is 445 g/mol. The first kappa shape index (κ1) is 25.2. The second-order valence-corrected chi connectivity index (χ2v) is 9.50. The number of rotatable bonds is 8. The van der Waals surface area contributed by atoms with Gasteiger partial charge in [0.2, 0.25) is 11.8 Å². The molecule has 7 heteroatoms. The minimum atomic E-state index is -0.504. The van der Waals surface area contributed by atoms with Gasteiger partial charge in [0.25, 0.3) is 0 Å². The summed E-state index contributed by atoms with van der Waals surface area (Å²) in [6.07, 6.45) is 6.78. The first-order valence-electron chi connectivity index (χ1n) is 12.8. The van der Waals surface area contributed by atoms with Crippen molar-refractivity contribution >= 4 is 17.5 Å². The third-order valence-corrected chi connectivity index (χ3v) is 7.15. The van der Waals surface area contributed by atoms with Crippen molar-refractivity contribution in [2.45, 2.75) is 51.0 Å². The Hall–Kier alpha value is -2.93. The quantitative estimate of drug-likeness (QED) is 0.555. The van der Waals surface area contributed by atoms with E-state index in [0.29, 0.717) is 24.4 Å². The van der Waals surface area contributed by atoms with Gasteiger partial charge in [-0.15, -0.1) is 0 Å². The lowest BCUT2D eigenvalue weighted by atomic mass is 9.83. The Bertz CT molecular complexity index is 972. The van der Waals surface area contributed by atoms with Crippen molar-refractivity contribution in [1.82, 2.24) is 10.2 Å². The molecule has 2 amide bonds. The summed E-state index contributed by atoms with van der Waals surface area (Å²) in [6, 6.07) is 12.9. The Labute approximate surface area is 207 Å². The van der Waals surface area contributed by atoms with Gasteiger partial charge < -0.3 is 19.9 Å². The number of nitrogens with zero attached hydrogens (tertiary/aromatic N) is 2. The van der Waals surface area contributed by atoms with Crippen LogP contribution in [0.2, 0.25) is 0 Å². The molecular formula is C28H36FN3O3. The van der Waals surface area contributed by atoms with Crippen LogP contribution in [0.4, 0.5) is 10.1 Å².